The molecular formula is C30H25N5O2. The molecule has 182 valence electrons. The maximum atomic E-state index is 10.4. The maximum Gasteiger partial charge on any atom is 0.141 e. The first-order chi connectivity index (χ1) is 17.8. The zero-order valence-corrected chi connectivity index (χ0v) is 20.7. The molecule has 1 saturated carbocycles. The molecule has 7 heteroatoms. The van der Waals surface area contributed by atoms with Crippen LogP contribution in [0.25, 0.3) is 44.1 Å². The van der Waals surface area contributed by atoms with Crippen LogP contribution in [0.5, 0.6) is 5.75 Å². The average molecular weight is 488 g/mol. The van der Waals surface area contributed by atoms with E-state index in [1.165, 1.54) is 12.8 Å². The molecule has 2 N–H and O–H groups in total. The van der Waals surface area contributed by atoms with Gasteiger partial charge in [-0.3, -0.25) is 4.98 Å². The number of pyridine rings is 1. The van der Waals surface area contributed by atoms with Crippen LogP contribution >= 0.6 is 0 Å². The number of nitrogens with zero attached hydrogens (tertiary/aromatic N) is 4. The number of imidazole rings is 1. The number of hydrogen-bond acceptors (Lipinski definition) is 6. The molecule has 0 unspecified atom stereocenters. The summed E-state index contributed by atoms with van der Waals surface area (Å²) in [6.07, 6.45) is 2.84. The van der Waals surface area contributed by atoms with Crippen molar-refractivity contribution in [2.75, 3.05) is 6.61 Å². The summed E-state index contributed by atoms with van der Waals surface area (Å²) in [5, 5.41) is 32.5. The second-order valence-electron chi connectivity index (χ2n) is 10.4. The predicted octanol–water partition coefficient (Wildman–Crippen LogP) is 5.78. The number of rotatable bonds is 6. The topological polar surface area (TPSA) is 119 Å². The van der Waals surface area contributed by atoms with Gasteiger partial charge in [-0.15, -0.1) is 0 Å². The fourth-order valence-electron chi connectivity index (χ4n) is 4.84. The van der Waals surface area contributed by atoms with E-state index in [0.29, 0.717) is 41.5 Å². The number of aromatic amines is 1. The summed E-state index contributed by atoms with van der Waals surface area (Å²) < 4.78 is 6.08. The Morgan fingerprint density at radius 3 is 2.38 bits per heavy atom. The molecule has 3 aromatic carbocycles. The largest absolute Gasteiger partial charge is 0.493 e. The minimum absolute atomic E-state index is 0.382. The summed E-state index contributed by atoms with van der Waals surface area (Å²) in [5.74, 6) is 1.88. The Labute approximate surface area is 214 Å². The Morgan fingerprint density at radius 2 is 1.70 bits per heavy atom. The first kappa shape index (κ1) is 23.0. The quantitative estimate of drug-likeness (QED) is 0.293. The number of nitrogens with one attached hydrogen (secondary N) is 1. The Morgan fingerprint density at radius 1 is 0.973 bits per heavy atom. The Kier molecular flexibility index (Phi) is 5.33. The van der Waals surface area contributed by atoms with Gasteiger partial charge in [-0.2, -0.15) is 10.5 Å². The molecule has 5 aromatic rings. The van der Waals surface area contributed by atoms with Gasteiger partial charge in [-0.1, -0.05) is 6.07 Å². The molecule has 0 amide bonds. The van der Waals surface area contributed by atoms with Gasteiger partial charge in [0.15, 0.2) is 0 Å². The van der Waals surface area contributed by atoms with Crippen LogP contribution in [0.1, 0.15) is 43.5 Å². The van der Waals surface area contributed by atoms with E-state index in [2.05, 4.69) is 17.1 Å². The van der Waals surface area contributed by atoms with Gasteiger partial charge in [0, 0.05) is 28.3 Å². The van der Waals surface area contributed by atoms with Gasteiger partial charge in [0.25, 0.3) is 0 Å². The summed E-state index contributed by atoms with van der Waals surface area (Å²) >= 11 is 0. The number of nitriles is 2. The van der Waals surface area contributed by atoms with Gasteiger partial charge in [-0.05, 0) is 75.1 Å². The molecule has 1 aliphatic rings. The van der Waals surface area contributed by atoms with Gasteiger partial charge in [0.05, 0.1) is 57.6 Å². The van der Waals surface area contributed by atoms with Crippen molar-refractivity contribution in [2.24, 2.45) is 5.92 Å². The molecule has 2 aromatic heterocycles. The minimum atomic E-state index is -0.894. The zero-order valence-electron chi connectivity index (χ0n) is 20.7. The fourth-order valence-corrected chi connectivity index (χ4v) is 4.84. The molecular weight excluding hydrogens is 462 g/mol. The second-order valence-corrected chi connectivity index (χ2v) is 10.4. The molecule has 6 rings (SSSR count). The van der Waals surface area contributed by atoms with E-state index in [1.54, 1.807) is 32.0 Å². The van der Waals surface area contributed by atoms with Crippen molar-refractivity contribution < 1.29 is 9.84 Å². The lowest BCUT2D eigenvalue weighted by molar-refractivity contribution is 0.0800. The summed E-state index contributed by atoms with van der Waals surface area (Å²) in [6, 6.07) is 19.3. The van der Waals surface area contributed by atoms with Gasteiger partial charge >= 0.3 is 0 Å². The minimum Gasteiger partial charge on any atom is -0.493 e. The summed E-state index contributed by atoms with van der Waals surface area (Å²) in [6.45, 7) is 4.24. The van der Waals surface area contributed by atoms with Crippen molar-refractivity contribution in [3.05, 3.63) is 65.4 Å². The van der Waals surface area contributed by atoms with Crippen molar-refractivity contribution in [1.29, 1.82) is 10.5 Å². The molecule has 0 atom stereocenters. The monoisotopic (exact) mass is 487 g/mol. The first-order valence-corrected chi connectivity index (χ1v) is 12.4. The van der Waals surface area contributed by atoms with E-state index in [1.807, 2.05) is 30.3 Å². The summed E-state index contributed by atoms with van der Waals surface area (Å²) in [5.41, 5.74) is 3.44. The fraction of sp³-hybridized carbons (Fsp3) is 0.267. The van der Waals surface area contributed by atoms with E-state index in [0.717, 1.165) is 44.2 Å². The second kappa shape index (κ2) is 8.58. The normalized spacial score (nSPS) is 13.6. The number of aromatic nitrogens is 3. The van der Waals surface area contributed by atoms with Crippen LogP contribution in [0.2, 0.25) is 0 Å². The van der Waals surface area contributed by atoms with Crippen LogP contribution in [-0.2, 0) is 6.42 Å². The Hall–Kier alpha value is -4.46. The molecule has 0 radical (unpaired) electrons. The van der Waals surface area contributed by atoms with Crippen LogP contribution in [0, 0.1) is 28.6 Å². The standard InChI is InChI=1S/C30H25N5O2/c1-30(2,36)13-20-8-10-23-26(33-20)24-12-21(37-16-17-6-7-17)9-11-22(24)27-28(23)35-29(34-27)25-18(14-31)4-3-5-19(25)15-32/h3-5,8-12,17,36H,6-7,13,16H2,1-2H3,(H,34,35). The molecule has 0 bridgehead atoms. The van der Waals surface area contributed by atoms with E-state index in [-0.39, 0.29) is 0 Å². The molecule has 0 saturated heterocycles. The number of ether oxygens (including phenoxy) is 1. The van der Waals surface area contributed by atoms with Crippen LogP contribution in [0.4, 0.5) is 0 Å². The van der Waals surface area contributed by atoms with Gasteiger partial charge < -0.3 is 14.8 Å². The highest BCUT2D eigenvalue weighted by molar-refractivity contribution is 6.22. The molecule has 7 nitrogen and oxygen atoms in total. The van der Waals surface area contributed by atoms with Gasteiger partial charge in [0.2, 0.25) is 0 Å². The van der Waals surface area contributed by atoms with E-state index < -0.39 is 5.60 Å². The van der Waals surface area contributed by atoms with E-state index >= 15 is 0 Å². The van der Waals surface area contributed by atoms with Crippen molar-refractivity contribution in [1.82, 2.24) is 15.0 Å². The van der Waals surface area contributed by atoms with E-state index in [4.69, 9.17) is 14.7 Å². The molecule has 1 fully saturated rings. The lowest BCUT2D eigenvalue weighted by Crippen LogP contribution is -2.22. The third-order valence-corrected chi connectivity index (χ3v) is 6.77. The number of aliphatic hydroxyl groups is 1. The highest BCUT2D eigenvalue weighted by atomic mass is 16.5. The van der Waals surface area contributed by atoms with Crippen LogP contribution in [0.3, 0.4) is 0 Å². The van der Waals surface area contributed by atoms with Crippen molar-refractivity contribution in [3.63, 3.8) is 0 Å². The third kappa shape index (κ3) is 4.24. The highest BCUT2D eigenvalue weighted by Gasteiger charge is 2.23. The molecule has 0 spiro atoms. The van der Waals surface area contributed by atoms with Crippen LogP contribution < -0.4 is 4.74 Å². The SMILES string of the molecule is CC(C)(O)Cc1ccc2c(n1)c1cc(OCC3CC3)ccc1c1nc(-c3c(C#N)cccc3C#N)[nH]c21. The maximum absolute atomic E-state index is 10.4. The lowest BCUT2D eigenvalue weighted by atomic mass is 9.99. The number of H-pyrrole nitrogens is 1. The lowest BCUT2D eigenvalue weighted by Gasteiger charge is -2.17. The molecule has 0 aliphatic heterocycles. The summed E-state index contributed by atoms with van der Waals surface area (Å²) in [7, 11) is 0. The van der Waals surface area contributed by atoms with Gasteiger partial charge in [-0.25, -0.2) is 4.98 Å². The van der Waals surface area contributed by atoms with Crippen molar-refractivity contribution in [2.45, 2.75) is 38.7 Å². The van der Waals surface area contributed by atoms with Crippen LogP contribution in [0.15, 0.2) is 48.5 Å². The van der Waals surface area contributed by atoms with Gasteiger partial charge in [0.1, 0.15) is 11.6 Å². The third-order valence-electron chi connectivity index (χ3n) is 6.77. The predicted molar refractivity (Wildman–Crippen MR) is 142 cm³/mol. The highest BCUT2D eigenvalue weighted by Crippen LogP contribution is 2.38. The zero-order chi connectivity index (χ0) is 25.7. The molecule has 1 aliphatic carbocycles. The summed E-state index contributed by atoms with van der Waals surface area (Å²) in [4.78, 5) is 13.3. The number of benzene rings is 3. The average Bonchev–Trinajstić information content (AvgIpc) is 3.61. The van der Waals surface area contributed by atoms with Crippen LogP contribution in [-0.4, -0.2) is 32.3 Å². The molecule has 2 heterocycles. The Bertz CT molecular complexity index is 1750. The van der Waals surface area contributed by atoms with E-state index in [9.17, 15) is 15.6 Å². The number of hydrogen-bond donors (Lipinski definition) is 2. The first-order valence-electron chi connectivity index (χ1n) is 12.4. The van der Waals surface area contributed by atoms with Crippen molar-refractivity contribution in [3.8, 4) is 29.3 Å². The number of fused-ring (bicyclic) bond motifs is 6. The Balaban J connectivity index is 1.63. The van der Waals surface area contributed by atoms with Crippen molar-refractivity contribution >= 4 is 32.7 Å². The smallest absolute Gasteiger partial charge is 0.141 e. The molecule has 37 heavy (non-hydrogen) atoms.